The van der Waals surface area contributed by atoms with Gasteiger partial charge in [-0.15, -0.1) is 11.8 Å². The molecule has 0 atom stereocenters. The average Bonchev–Trinajstić information content (AvgIpc) is 2.82. The number of thioether (sulfide) groups is 1. The summed E-state index contributed by atoms with van der Waals surface area (Å²) in [7, 11) is 1.48. The molecule has 1 saturated heterocycles. The smallest absolute Gasteiger partial charge is 0.335 e. The minimum atomic E-state index is -0.801. The van der Waals surface area contributed by atoms with E-state index in [1.807, 2.05) is 13.0 Å². The molecule has 0 aliphatic carbocycles. The number of carbonyl (C=O) groups is 4. The van der Waals surface area contributed by atoms with Crippen LogP contribution in [0.3, 0.4) is 0 Å². The van der Waals surface area contributed by atoms with Gasteiger partial charge in [0, 0.05) is 5.75 Å². The van der Waals surface area contributed by atoms with Crippen molar-refractivity contribution in [1.82, 2.24) is 5.32 Å². The standard InChI is InChI=1S/C25H26N2O7S/c1-4-33-22(28)15-35-11-10-34-20-9-8-17(14-21(20)32-3)13-19-23(29)26-25(31)27(24(19)30)18-7-5-6-16(2)12-18/h5-9,12-14H,4,10-11,15H2,1-3H3,(H,26,29,31)/b19-13+. The van der Waals surface area contributed by atoms with Crippen LogP contribution in [-0.4, -0.2) is 55.6 Å². The van der Waals surface area contributed by atoms with Gasteiger partial charge in [-0.3, -0.25) is 19.7 Å². The second kappa shape index (κ2) is 12.1. The third-order valence-corrected chi connectivity index (χ3v) is 5.77. The molecule has 1 aliphatic heterocycles. The van der Waals surface area contributed by atoms with Gasteiger partial charge in [0.15, 0.2) is 11.5 Å². The summed E-state index contributed by atoms with van der Waals surface area (Å²) in [6.45, 7) is 4.29. The van der Waals surface area contributed by atoms with Crippen LogP contribution in [0.5, 0.6) is 11.5 Å². The van der Waals surface area contributed by atoms with Gasteiger partial charge in [-0.2, -0.15) is 0 Å². The van der Waals surface area contributed by atoms with Crippen molar-refractivity contribution in [3.63, 3.8) is 0 Å². The Labute approximate surface area is 207 Å². The van der Waals surface area contributed by atoms with E-state index in [1.165, 1.54) is 24.9 Å². The minimum Gasteiger partial charge on any atom is -0.493 e. The Bertz CT molecular complexity index is 1160. The van der Waals surface area contributed by atoms with Gasteiger partial charge in [0.2, 0.25) is 0 Å². The molecule has 2 aromatic carbocycles. The highest BCUT2D eigenvalue weighted by molar-refractivity contribution is 7.99. The van der Waals surface area contributed by atoms with Crippen LogP contribution in [0, 0.1) is 6.92 Å². The van der Waals surface area contributed by atoms with Gasteiger partial charge in [0.25, 0.3) is 11.8 Å². The number of imide groups is 2. The van der Waals surface area contributed by atoms with Crippen molar-refractivity contribution >= 4 is 47.3 Å². The second-order valence-electron chi connectivity index (χ2n) is 7.41. The summed E-state index contributed by atoms with van der Waals surface area (Å²) in [6.07, 6.45) is 1.40. The molecule has 0 saturated carbocycles. The lowest BCUT2D eigenvalue weighted by molar-refractivity contribution is -0.139. The fourth-order valence-electron chi connectivity index (χ4n) is 3.29. The quantitative estimate of drug-likeness (QED) is 0.230. The predicted octanol–water partition coefficient (Wildman–Crippen LogP) is 3.35. The van der Waals surface area contributed by atoms with E-state index in [4.69, 9.17) is 14.2 Å². The van der Waals surface area contributed by atoms with Crippen LogP contribution in [-0.2, 0) is 19.1 Å². The van der Waals surface area contributed by atoms with Crippen LogP contribution in [0.15, 0.2) is 48.0 Å². The third kappa shape index (κ3) is 6.63. The number of hydrogen-bond acceptors (Lipinski definition) is 8. The van der Waals surface area contributed by atoms with Gasteiger partial charge < -0.3 is 14.2 Å². The maximum Gasteiger partial charge on any atom is 0.335 e. The molecule has 0 unspecified atom stereocenters. The molecule has 1 N–H and O–H groups in total. The van der Waals surface area contributed by atoms with Gasteiger partial charge in [-0.05, 0) is 55.3 Å². The molecule has 1 heterocycles. The van der Waals surface area contributed by atoms with Crippen LogP contribution in [0.25, 0.3) is 6.08 Å². The molecule has 0 spiro atoms. The van der Waals surface area contributed by atoms with Crippen molar-refractivity contribution in [3.8, 4) is 11.5 Å². The number of aryl methyl sites for hydroxylation is 1. The highest BCUT2D eigenvalue weighted by Crippen LogP contribution is 2.30. The van der Waals surface area contributed by atoms with Crippen LogP contribution in [0.2, 0.25) is 0 Å². The Morgan fingerprint density at radius 2 is 1.91 bits per heavy atom. The number of carbonyl (C=O) groups excluding carboxylic acids is 4. The van der Waals surface area contributed by atoms with Crippen molar-refractivity contribution < 1.29 is 33.4 Å². The number of anilines is 1. The summed E-state index contributed by atoms with van der Waals surface area (Å²) < 4.78 is 16.0. The van der Waals surface area contributed by atoms with Crippen LogP contribution < -0.4 is 19.7 Å². The van der Waals surface area contributed by atoms with E-state index in [0.717, 1.165) is 10.5 Å². The molecule has 35 heavy (non-hydrogen) atoms. The molecule has 2 aromatic rings. The summed E-state index contributed by atoms with van der Waals surface area (Å²) in [5, 5.41) is 2.21. The number of rotatable bonds is 10. The normalized spacial score (nSPS) is 14.7. The van der Waals surface area contributed by atoms with Crippen LogP contribution in [0.1, 0.15) is 18.1 Å². The van der Waals surface area contributed by atoms with Gasteiger partial charge in [0.1, 0.15) is 5.57 Å². The predicted molar refractivity (Wildman–Crippen MR) is 133 cm³/mol. The number of nitrogens with zero attached hydrogens (tertiary/aromatic N) is 1. The van der Waals surface area contributed by atoms with Crippen molar-refractivity contribution in [2.24, 2.45) is 0 Å². The number of nitrogens with one attached hydrogen (secondary N) is 1. The van der Waals surface area contributed by atoms with E-state index >= 15 is 0 Å². The summed E-state index contributed by atoms with van der Waals surface area (Å²) >= 11 is 1.40. The van der Waals surface area contributed by atoms with E-state index in [0.29, 0.717) is 41.7 Å². The average molecular weight is 499 g/mol. The van der Waals surface area contributed by atoms with Gasteiger partial charge in [0.05, 0.1) is 31.8 Å². The Hall–Kier alpha value is -3.79. The molecule has 1 aliphatic rings. The van der Waals surface area contributed by atoms with Crippen molar-refractivity contribution in [1.29, 1.82) is 0 Å². The molecule has 0 aromatic heterocycles. The number of ether oxygens (including phenoxy) is 3. The molecule has 4 amide bonds. The fraction of sp³-hybridized carbons (Fsp3) is 0.280. The summed E-state index contributed by atoms with van der Waals surface area (Å²) in [6, 6.07) is 11.0. The Kier molecular flexibility index (Phi) is 8.91. The van der Waals surface area contributed by atoms with E-state index in [9.17, 15) is 19.2 Å². The van der Waals surface area contributed by atoms with E-state index in [2.05, 4.69) is 5.32 Å². The maximum absolute atomic E-state index is 13.1. The van der Waals surface area contributed by atoms with Crippen molar-refractivity contribution in [2.75, 3.05) is 36.7 Å². The largest absolute Gasteiger partial charge is 0.493 e. The van der Waals surface area contributed by atoms with Crippen molar-refractivity contribution in [3.05, 3.63) is 59.2 Å². The Morgan fingerprint density at radius 1 is 1.11 bits per heavy atom. The molecule has 0 bridgehead atoms. The summed E-state index contributed by atoms with van der Waals surface area (Å²) in [5.74, 6) is -0.0579. The molecule has 184 valence electrons. The molecular weight excluding hydrogens is 472 g/mol. The van der Waals surface area contributed by atoms with Gasteiger partial charge in [-0.1, -0.05) is 18.2 Å². The molecule has 1 fully saturated rings. The lowest BCUT2D eigenvalue weighted by atomic mass is 10.1. The first kappa shape index (κ1) is 25.8. The van der Waals surface area contributed by atoms with Crippen molar-refractivity contribution in [2.45, 2.75) is 13.8 Å². The van der Waals surface area contributed by atoms with Gasteiger partial charge >= 0.3 is 12.0 Å². The highest BCUT2D eigenvalue weighted by atomic mass is 32.2. The first-order valence-corrected chi connectivity index (χ1v) is 12.0. The Balaban J connectivity index is 1.73. The molecule has 3 rings (SSSR count). The van der Waals surface area contributed by atoms with E-state index < -0.39 is 17.8 Å². The zero-order chi connectivity index (χ0) is 25.4. The number of urea groups is 1. The number of esters is 1. The molecule has 9 nitrogen and oxygen atoms in total. The lowest BCUT2D eigenvalue weighted by Crippen LogP contribution is -2.54. The van der Waals surface area contributed by atoms with Crippen LogP contribution in [0.4, 0.5) is 10.5 Å². The summed E-state index contributed by atoms with van der Waals surface area (Å²) in [4.78, 5) is 50.2. The third-order valence-electron chi connectivity index (χ3n) is 4.87. The summed E-state index contributed by atoms with van der Waals surface area (Å²) in [5.41, 5.74) is 1.57. The monoisotopic (exact) mass is 498 g/mol. The highest BCUT2D eigenvalue weighted by Gasteiger charge is 2.36. The SMILES string of the molecule is CCOC(=O)CSCCOc1ccc(/C=C2\C(=O)NC(=O)N(c3cccc(C)c3)C2=O)cc1OC. The van der Waals surface area contributed by atoms with Gasteiger partial charge in [-0.25, -0.2) is 9.69 Å². The van der Waals surface area contributed by atoms with E-state index in [-0.39, 0.29) is 17.3 Å². The zero-order valence-corrected chi connectivity index (χ0v) is 20.5. The molecule has 10 heteroatoms. The topological polar surface area (TPSA) is 111 Å². The van der Waals surface area contributed by atoms with E-state index in [1.54, 1.807) is 43.3 Å². The number of benzene rings is 2. The van der Waals surface area contributed by atoms with Crippen LogP contribution >= 0.6 is 11.8 Å². The number of amides is 4. The second-order valence-corrected chi connectivity index (χ2v) is 8.52. The number of methoxy groups -OCH3 is 1. The maximum atomic E-state index is 13.1. The lowest BCUT2D eigenvalue weighted by Gasteiger charge is -2.26. The molecular formula is C25H26N2O7S. The molecule has 0 radical (unpaired) electrons. The minimum absolute atomic E-state index is 0.183. The Morgan fingerprint density at radius 3 is 2.63 bits per heavy atom. The zero-order valence-electron chi connectivity index (χ0n) is 19.7. The fourth-order valence-corrected chi connectivity index (χ4v) is 3.88. The first-order valence-electron chi connectivity index (χ1n) is 10.9. The number of hydrogen-bond donors (Lipinski definition) is 1. The number of barbiturate groups is 1. The first-order chi connectivity index (χ1) is 16.8.